The molecule has 0 radical (unpaired) electrons. The average Bonchev–Trinajstić information content (AvgIpc) is 3.28. The quantitative estimate of drug-likeness (QED) is 0.737. The van der Waals surface area contributed by atoms with Gasteiger partial charge in [0.15, 0.2) is 11.5 Å². The lowest BCUT2D eigenvalue weighted by Gasteiger charge is -2.06. The number of nitrogens with one attached hydrogen (secondary N) is 1. The highest BCUT2D eigenvalue weighted by atomic mass is 16.7. The third kappa shape index (κ3) is 3.38. The Morgan fingerprint density at radius 1 is 1.08 bits per heavy atom. The van der Waals surface area contributed by atoms with E-state index in [2.05, 4.69) is 18.3 Å². The van der Waals surface area contributed by atoms with Crippen molar-refractivity contribution in [2.24, 2.45) is 0 Å². The molecule has 0 atom stereocenters. The van der Waals surface area contributed by atoms with E-state index < -0.39 is 0 Å². The van der Waals surface area contributed by atoms with Gasteiger partial charge in [0.25, 0.3) is 0 Å². The van der Waals surface area contributed by atoms with E-state index in [0.717, 1.165) is 46.4 Å². The van der Waals surface area contributed by atoms with Gasteiger partial charge in [0, 0.05) is 17.5 Å². The molecule has 26 heavy (non-hydrogen) atoms. The number of benzene rings is 2. The van der Waals surface area contributed by atoms with Crippen molar-refractivity contribution in [3.63, 3.8) is 0 Å². The summed E-state index contributed by atoms with van der Waals surface area (Å²) >= 11 is 0. The van der Waals surface area contributed by atoms with E-state index in [-0.39, 0.29) is 12.7 Å². The fraction of sp³-hybridized carbons (Fsp3) is 0.286. The SMILES string of the molecule is CCc1ccc2c(CC(=O)NCCc3ccc4c(c3)OCO4)coc2c1. The number of furan rings is 1. The van der Waals surface area contributed by atoms with Gasteiger partial charge in [-0.3, -0.25) is 4.79 Å². The zero-order chi connectivity index (χ0) is 17.9. The van der Waals surface area contributed by atoms with Crippen molar-refractivity contribution < 1.29 is 18.7 Å². The van der Waals surface area contributed by atoms with Gasteiger partial charge in [0.2, 0.25) is 12.7 Å². The standard InChI is InChI=1S/C21H21NO4/c1-2-14-3-5-17-16(12-24-19(17)9-14)11-21(23)22-8-7-15-4-6-18-20(10-15)26-13-25-18/h3-6,9-10,12H,2,7-8,11,13H2,1H3,(H,22,23). The molecule has 0 fully saturated rings. The maximum absolute atomic E-state index is 12.3. The van der Waals surface area contributed by atoms with E-state index in [1.165, 1.54) is 5.56 Å². The second kappa shape index (κ2) is 7.12. The molecule has 0 saturated heterocycles. The van der Waals surface area contributed by atoms with Gasteiger partial charge in [-0.1, -0.05) is 25.1 Å². The van der Waals surface area contributed by atoms with Crippen molar-refractivity contribution in [3.05, 3.63) is 59.4 Å². The largest absolute Gasteiger partial charge is 0.464 e. The van der Waals surface area contributed by atoms with Crippen LogP contribution in [0.2, 0.25) is 0 Å². The zero-order valence-corrected chi connectivity index (χ0v) is 14.7. The van der Waals surface area contributed by atoms with E-state index in [1.807, 2.05) is 30.3 Å². The number of amides is 1. The first kappa shape index (κ1) is 16.5. The second-order valence-corrected chi connectivity index (χ2v) is 6.41. The van der Waals surface area contributed by atoms with Crippen LogP contribution in [0.15, 0.2) is 47.1 Å². The van der Waals surface area contributed by atoms with Crippen LogP contribution in [0.25, 0.3) is 11.0 Å². The van der Waals surface area contributed by atoms with Gasteiger partial charge >= 0.3 is 0 Å². The van der Waals surface area contributed by atoms with Gasteiger partial charge in [0.1, 0.15) is 5.58 Å². The smallest absolute Gasteiger partial charge is 0.231 e. The Balaban J connectivity index is 1.33. The third-order valence-corrected chi connectivity index (χ3v) is 4.65. The van der Waals surface area contributed by atoms with Crippen molar-refractivity contribution in [2.75, 3.05) is 13.3 Å². The predicted octanol–water partition coefficient (Wildman–Crippen LogP) is 3.63. The number of fused-ring (bicyclic) bond motifs is 2. The summed E-state index contributed by atoms with van der Waals surface area (Å²) in [5.74, 6) is 1.54. The molecule has 3 aromatic rings. The van der Waals surface area contributed by atoms with Gasteiger partial charge in [0.05, 0.1) is 12.7 Å². The van der Waals surface area contributed by atoms with Crippen molar-refractivity contribution in [2.45, 2.75) is 26.2 Å². The Kier molecular flexibility index (Phi) is 4.52. The highest BCUT2D eigenvalue weighted by molar-refractivity contribution is 5.87. The first-order valence-electron chi connectivity index (χ1n) is 8.87. The van der Waals surface area contributed by atoms with E-state index >= 15 is 0 Å². The summed E-state index contributed by atoms with van der Waals surface area (Å²) in [5.41, 5.74) is 4.10. The summed E-state index contributed by atoms with van der Waals surface area (Å²) in [4.78, 5) is 12.3. The minimum absolute atomic E-state index is 0.00647. The van der Waals surface area contributed by atoms with Crippen LogP contribution < -0.4 is 14.8 Å². The minimum atomic E-state index is -0.00647. The van der Waals surface area contributed by atoms with Crippen LogP contribution in [0.5, 0.6) is 11.5 Å². The van der Waals surface area contributed by atoms with Crippen molar-refractivity contribution in [1.29, 1.82) is 0 Å². The lowest BCUT2D eigenvalue weighted by atomic mass is 10.1. The Morgan fingerprint density at radius 3 is 2.81 bits per heavy atom. The van der Waals surface area contributed by atoms with Crippen LogP contribution in [0.3, 0.4) is 0 Å². The predicted molar refractivity (Wildman–Crippen MR) is 98.6 cm³/mol. The fourth-order valence-corrected chi connectivity index (χ4v) is 3.16. The normalized spacial score (nSPS) is 12.5. The summed E-state index contributed by atoms with van der Waals surface area (Å²) < 4.78 is 16.3. The lowest BCUT2D eigenvalue weighted by molar-refractivity contribution is -0.120. The minimum Gasteiger partial charge on any atom is -0.464 e. The molecule has 0 spiro atoms. The monoisotopic (exact) mass is 351 g/mol. The Hall–Kier alpha value is -2.95. The van der Waals surface area contributed by atoms with E-state index in [9.17, 15) is 4.79 Å². The van der Waals surface area contributed by atoms with Gasteiger partial charge < -0.3 is 19.2 Å². The number of ether oxygens (including phenoxy) is 2. The molecule has 0 saturated carbocycles. The summed E-state index contributed by atoms with van der Waals surface area (Å²) in [7, 11) is 0. The molecular formula is C21H21NO4. The Labute approximate surface area is 151 Å². The number of carbonyl (C=O) groups is 1. The molecule has 1 amide bonds. The van der Waals surface area contributed by atoms with Crippen LogP contribution in [0.1, 0.15) is 23.6 Å². The number of aryl methyl sites for hydroxylation is 1. The number of rotatable bonds is 6. The summed E-state index contributed by atoms with van der Waals surface area (Å²) in [5, 5.41) is 3.98. The molecule has 1 aromatic heterocycles. The highest BCUT2D eigenvalue weighted by Gasteiger charge is 2.14. The molecule has 2 aromatic carbocycles. The van der Waals surface area contributed by atoms with E-state index in [0.29, 0.717) is 13.0 Å². The number of carbonyl (C=O) groups excluding carboxylic acids is 1. The molecule has 0 bridgehead atoms. The van der Waals surface area contributed by atoms with Crippen molar-refractivity contribution in [3.8, 4) is 11.5 Å². The van der Waals surface area contributed by atoms with Gasteiger partial charge in [-0.05, 0) is 42.2 Å². The second-order valence-electron chi connectivity index (χ2n) is 6.41. The third-order valence-electron chi connectivity index (χ3n) is 4.65. The molecular weight excluding hydrogens is 330 g/mol. The molecule has 4 rings (SSSR count). The molecule has 134 valence electrons. The molecule has 5 heteroatoms. The van der Waals surface area contributed by atoms with Gasteiger partial charge in [-0.2, -0.15) is 0 Å². The van der Waals surface area contributed by atoms with Crippen LogP contribution in [-0.4, -0.2) is 19.2 Å². The topological polar surface area (TPSA) is 60.7 Å². The zero-order valence-electron chi connectivity index (χ0n) is 14.7. The molecule has 0 aliphatic carbocycles. The summed E-state index contributed by atoms with van der Waals surface area (Å²) in [6, 6.07) is 12.0. The van der Waals surface area contributed by atoms with Crippen molar-refractivity contribution in [1.82, 2.24) is 5.32 Å². The van der Waals surface area contributed by atoms with Crippen LogP contribution in [0.4, 0.5) is 0 Å². The lowest BCUT2D eigenvalue weighted by Crippen LogP contribution is -2.27. The van der Waals surface area contributed by atoms with Gasteiger partial charge in [-0.25, -0.2) is 0 Å². The Bertz CT molecular complexity index is 944. The van der Waals surface area contributed by atoms with Gasteiger partial charge in [-0.15, -0.1) is 0 Å². The summed E-state index contributed by atoms with van der Waals surface area (Å²) in [6.07, 6.45) is 3.71. The van der Waals surface area contributed by atoms with E-state index in [1.54, 1.807) is 6.26 Å². The fourth-order valence-electron chi connectivity index (χ4n) is 3.16. The molecule has 1 aliphatic heterocycles. The molecule has 1 aliphatic rings. The summed E-state index contributed by atoms with van der Waals surface area (Å²) in [6.45, 7) is 2.96. The molecule has 2 heterocycles. The van der Waals surface area contributed by atoms with Crippen LogP contribution >= 0.6 is 0 Å². The molecule has 0 unspecified atom stereocenters. The highest BCUT2D eigenvalue weighted by Crippen LogP contribution is 2.32. The molecule has 5 nitrogen and oxygen atoms in total. The van der Waals surface area contributed by atoms with Crippen molar-refractivity contribution >= 4 is 16.9 Å². The first-order chi connectivity index (χ1) is 12.7. The first-order valence-corrected chi connectivity index (χ1v) is 8.87. The molecule has 1 N–H and O–H groups in total. The Morgan fingerprint density at radius 2 is 1.92 bits per heavy atom. The maximum Gasteiger partial charge on any atom is 0.231 e. The number of hydrogen-bond donors (Lipinski definition) is 1. The average molecular weight is 351 g/mol. The van der Waals surface area contributed by atoms with Crippen LogP contribution in [-0.2, 0) is 24.1 Å². The van der Waals surface area contributed by atoms with Crippen LogP contribution in [0, 0.1) is 0 Å². The van der Waals surface area contributed by atoms with E-state index in [4.69, 9.17) is 13.9 Å². The maximum atomic E-state index is 12.3. The number of hydrogen-bond acceptors (Lipinski definition) is 4.